The number of aryl methyl sites for hydroxylation is 4. The molecule has 13 rings (SSSR count). The van der Waals surface area contributed by atoms with E-state index in [1.54, 1.807) is 51.7 Å². The topological polar surface area (TPSA) is 35.9 Å². The lowest BCUT2D eigenvalue weighted by molar-refractivity contribution is -0.572. The van der Waals surface area contributed by atoms with Crippen molar-refractivity contribution in [3.8, 4) is 84.3 Å². The van der Waals surface area contributed by atoms with E-state index in [0.717, 1.165) is 27.4 Å². The summed E-state index contributed by atoms with van der Waals surface area (Å²) in [4.78, 5) is 4.85. The summed E-state index contributed by atoms with van der Waals surface area (Å²) in [5, 5.41) is 1.92. The molecule has 0 aliphatic carbocycles. The van der Waals surface area contributed by atoms with E-state index in [1.165, 1.54) is 48.5 Å². The minimum Gasteiger partial charge on any atom is -0.458 e. The lowest BCUT2D eigenvalue weighted by Crippen LogP contribution is -2.35. The third-order valence-electron chi connectivity index (χ3n) is 14.6. The quantitative estimate of drug-likeness (QED) is 0.123. The molecule has 9 aromatic carbocycles. The number of benzene rings is 9. The van der Waals surface area contributed by atoms with Gasteiger partial charge >= 0.3 is 0 Å². The lowest BCUT2D eigenvalue weighted by Gasteiger charge is -2.28. The number of nitrogens with zero attached hydrogens (tertiary/aromatic N) is 4. The van der Waals surface area contributed by atoms with E-state index >= 15 is 0 Å². The number of ether oxygens (including phenoxy) is 1. The zero-order valence-electron chi connectivity index (χ0n) is 63.1. The maximum Gasteiger partial charge on any atom is 0.269 e. The zero-order chi connectivity index (χ0) is 70.0. The average molecular weight is 1020 g/mol. The standard InChI is InChI=1S/C72H62N4O/c1-44-20-17-21-45(2)67(44)48-36-60-56-28-13-11-26-54(56)55-27-12-14-29-57(55)61-37-49(68-46(3)22-18-23-47(68)4)39-65-70(61)75(69(60)62(38-48)72(8,9)10)43-74(65)51-24-19-25-52(41-51)77-53-32-33-59-58-30-15-16-31-63(58)76(64(59)42-53)66-40-50(34-35-73-66)71(5,6)7/h11-42H,1-10H3/i1D3,2D3,3D3,4D3,11D,12D,13D,14D,26D,27D,28D,29D. The van der Waals surface area contributed by atoms with Gasteiger partial charge in [0.25, 0.3) is 6.33 Å². The Bertz CT molecular complexity index is 5260. The van der Waals surface area contributed by atoms with Gasteiger partial charge in [-0.1, -0.05) is 163 Å². The van der Waals surface area contributed by atoms with Gasteiger partial charge in [-0.3, -0.25) is 13.7 Å². The van der Waals surface area contributed by atoms with Crippen molar-refractivity contribution in [2.45, 2.75) is 79.8 Å². The van der Waals surface area contributed by atoms with E-state index in [-0.39, 0.29) is 88.9 Å². The molecule has 0 saturated carbocycles. The summed E-state index contributed by atoms with van der Waals surface area (Å²) in [6, 6.07) is 32.6. The van der Waals surface area contributed by atoms with Gasteiger partial charge < -0.3 is 4.74 Å². The molecule has 5 heteroatoms. The number of hydrogen-bond acceptors (Lipinski definition) is 2. The van der Waals surface area contributed by atoms with Crippen molar-refractivity contribution in [1.82, 2.24) is 14.1 Å². The van der Waals surface area contributed by atoms with E-state index in [9.17, 15) is 11.0 Å². The van der Waals surface area contributed by atoms with Gasteiger partial charge in [0.1, 0.15) is 17.3 Å². The van der Waals surface area contributed by atoms with Gasteiger partial charge in [0.2, 0.25) is 0 Å². The Morgan fingerprint density at radius 1 is 0.519 bits per heavy atom. The van der Waals surface area contributed by atoms with Crippen molar-refractivity contribution in [2.24, 2.45) is 0 Å². The predicted molar refractivity (Wildman–Crippen MR) is 319 cm³/mol. The number of pyridine rings is 1. The maximum absolute atomic E-state index is 10.1. The largest absolute Gasteiger partial charge is 0.458 e. The first-order valence-electron chi connectivity index (χ1n) is 35.3. The van der Waals surface area contributed by atoms with Crippen molar-refractivity contribution < 1.29 is 36.7 Å². The highest BCUT2D eigenvalue weighted by molar-refractivity contribution is 6.09. The molecule has 1 aliphatic heterocycles. The first kappa shape index (κ1) is 30.7. The van der Waals surface area contributed by atoms with Crippen LogP contribution in [0, 0.1) is 33.7 Å². The number of para-hydroxylation sites is 1. The Balaban J connectivity index is 1.20. The molecule has 12 aromatic rings. The number of hydrogen-bond donors (Lipinski definition) is 0. The van der Waals surface area contributed by atoms with Crippen LogP contribution in [0.25, 0.3) is 106 Å². The van der Waals surface area contributed by atoms with E-state index in [4.69, 9.17) is 26.2 Å². The zero-order valence-corrected chi connectivity index (χ0v) is 43.1. The highest BCUT2D eigenvalue weighted by Crippen LogP contribution is 2.48. The third kappa shape index (κ3) is 7.98. The van der Waals surface area contributed by atoms with E-state index in [1.807, 2.05) is 69.3 Å². The Kier molecular flexibility index (Phi) is 7.14. The van der Waals surface area contributed by atoms with Gasteiger partial charge in [0.05, 0.1) is 44.4 Å². The van der Waals surface area contributed by atoms with Crippen LogP contribution in [0.2, 0.25) is 0 Å². The Morgan fingerprint density at radius 3 is 1.75 bits per heavy atom. The maximum atomic E-state index is 10.1. The van der Waals surface area contributed by atoms with Crippen molar-refractivity contribution in [1.29, 1.82) is 0 Å². The van der Waals surface area contributed by atoms with Crippen LogP contribution >= 0.6 is 0 Å². The molecule has 5 nitrogen and oxygen atoms in total. The summed E-state index contributed by atoms with van der Waals surface area (Å²) in [6.07, 6.45) is 5.34. The van der Waals surface area contributed by atoms with E-state index in [2.05, 4.69) is 37.7 Å². The molecular weight excluding hydrogens is 937 g/mol. The average Bonchev–Trinajstić information content (AvgIpc) is 1.60. The summed E-state index contributed by atoms with van der Waals surface area (Å²) in [7, 11) is 0. The minimum absolute atomic E-state index is 0.0118. The molecule has 1 aliphatic rings. The van der Waals surface area contributed by atoms with E-state index in [0.29, 0.717) is 28.6 Å². The number of rotatable bonds is 6. The normalized spacial score (nSPS) is 16.7. The molecule has 3 aromatic heterocycles. The molecule has 0 N–H and O–H groups in total. The van der Waals surface area contributed by atoms with Crippen LogP contribution in [0.3, 0.4) is 0 Å². The Hall–Kier alpha value is -8.80. The van der Waals surface area contributed by atoms with Gasteiger partial charge in [0, 0.05) is 39.5 Å². The molecule has 0 spiro atoms. The summed E-state index contributed by atoms with van der Waals surface area (Å²) >= 11 is 0. The van der Waals surface area contributed by atoms with E-state index < -0.39 is 92.3 Å². The molecule has 0 saturated heterocycles. The lowest BCUT2D eigenvalue weighted by atomic mass is 9.79. The van der Waals surface area contributed by atoms with Crippen LogP contribution in [0.5, 0.6) is 11.5 Å². The fourth-order valence-corrected chi connectivity index (χ4v) is 10.9. The predicted octanol–water partition coefficient (Wildman–Crippen LogP) is 18.5. The second kappa shape index (κ2) is 17.9. The highest BCUT2D eigenvalue weighted by atomic mass is 16.5. The summed E-state index contributed by atoms with van der Waals surface area (Å²) in [6.45, 7) is 0.119. The highest BCUT2D eigenvalue weighted by Gasteiger charge is 2.31. The van der Waals surface area contributed by atoms with Crippen LogP contribution in [0.15, 0.2) is 194 Å². The van der Waals surface area contributed by atoms with Crippen molar-refractivity contribution >= 4 is 32.8 Å². The van der Waals surface area contributed by atoms with Crippen LogP contribution in [0.1, 0.15) is 102 Å². The monoisotopic (exact) mass is 1020 g/mol. The second-order valence-corrected chi connectivity index (χ2v) is 21.6. The SMILES string of the molecule is [2H]c1c([2H])c([2H])c2c(c1[2H])-c1cc(-c3c(C([2H])([2H])[2H])cccc3C([2H])([2H])[2H])cc(C(C)(C)C)c1-[n+]1[c-]n(-c3cccc(Oc4ccc5c6ccccc6n(-c6cc(C(C)(C)C)ccn6)c5c4)c3)c3cc(-c4c(C([2H])([2H])[2H])cccc4C([2H])([2H])[2H])cc(c31)-c1c([2H])c([2H])c([2H])c([2H])c1-2. The summed E-state index contributed by atoms with van der Waals surface area (Å²) < 4.78 is 196. The van der Waals surface area contributed by atoms with Crippen molar-refractivity contribution in [2.75, 3.05) is 0 Å². The summed E-state index contributed by atoms with van der Waals surface area (Å²) in [5.74, 6) is 1.42. The van der Waals surface area contributed by atoms with Gasteiger partial charge in [-0.15, -0.1) is 0 Å². The van der Waals surface area contributed by atoms with Crippen LogP contribution in [-0.2, 0) is 10.8 Å². The molecule has 4 heterocycles. The van der Waals surface area contributed by atoms with Gasteiger partial charge in [-0.05, 0) is 188 Å². The van der Waals surface area contributed by atoms with Gasteiger partial charge in [0.15, 0.2) is 0 Å². The molecule has 376 valence electrons. The van der Waals surface area contributed by atoms with Gasteiger partial charge in [-0.25, -0.2) is 4.98 Å². The molecule has 0 fully saturated rings. The molecule has 0 radical (unpaired) electrons. The number of fused-ring (bicyclic) bond motifs is 10. The minimum atomic E-state index is -2.96. The first-order valence-corrected chi connectivity index (χ1v) is 25.3. The Morgan fingerprint density at radius 2 is 1.10 bits per heavy atom. The smallest absolute Gasteiger partial charge is 0.269 e. The molecule has 77 heavy (non-hydrogen) atoms. The van der Waals surface area contributed by atoms with Gasteiger partial charge in [-0.2, -0.15) is 0 Å². The van der Waals surface area contributed by atoms with Crippen LogP contribution in [-0.4, -0.2) is 14.1 Å². The molecular formula is C72H62N4O. The van der Waals surface area contributed by atoms with Crippen molar-refractivity contribution in [3.63, 3.8) is 0 Å². The van der Waals surface area contributed by atoms with Crippen LogP contribution < -0.4 is 9.30 Å². The van der Waals surface area contributed by atoms with Crippen LogP contribution in [0.4, 0.5) is 0 Å². The fourth-order valence-electron chi connectivity index (χ4n) is 10.9. The van der Waals surface area contributed by atoms with Crippen molar-refractivity contribution in [3.05, 3.63) is 234 Å². The second-order valence-electron chi connectivity index (χ2n) is 21.6. The Labute approximate surface area is 480 Å². The first-order chi connectivity index (χ1) is 45.3. The fraction of sp³-hybridized carbons (Fsp3) is 0.167. The number of aromatic nitrogens is 4. The molecule has 0 bridgehead atoms. The molecule has 0 unspecified atom stereocenters. The number of imidazole rings is 1. The molecule has 0 amide bonds. The summed E-state index contributed by atoms with van der Waals surface area (Å²) in [5.41, 5.74) is -1.11. The third-order valence-corrected chi connectivity index (χ3v) is 14.6. The molecule has 0 atom stereocenters.